The first-order valence-corrected chi connectivity index (χ1v) is 8.68. The van der Waals surface area contributed by atoms with Gasteiger partial charge in [0.05, 0.1) is 16.4 Å². The normalized spacial score (nSPS) is 19.0. The summed E-state index contributed by atoms with van der Waals surface area (Å²) < 4.78 is 0. The maximum absolute atomic E-state index is 12.8. The Balaban J connectivity index is 1.63. The lowest BCUT2D eigenvalue weighted by Gasteiger charge is -2.11. The molecule has 4 rings (SSSR count). The molecule has 0 amide bonds. The summed E-state index contributed by atoms with van der Waals surface area (Å²) in [6.45, 7) is 0. The van der Waals surface area contributed by atoms with Gasteiger partial charge in [0.15, 0.2) is 5.78 Å². The van der Waals surface area contributed by atoms with E-state index >= 15 is 0 Å². The molecular weight excluding hydrogens is 332 g/mol. The topological polar surface area (TPSA) is 72.5 Å². The molecule has 2 aliphatic rings. The number of nitrogen functional groups attached to an aromatic ring is 1. The van der Waals surface area contributed by atoms with Crippen LogP contribution in [0.4, 0.5) is 5.69 Å². The number of nitrogens with zero attached hydrogens (tertiary/aromatic N) is 1. The second-order valence-electron chi connectivity index (χ2n) is 5.79. The number of carbonyl (C=O) groups excluding carboxylic acids is 2. The second kappa shape index (κ2) is 6.18. The summed E-state index contributed by atoms with van der Waals surface area (Å²) in [4.78, 5) is 29.7. The third kappa shape index (κ3) is 2.83. The maximum Gasteiger partial charge on any atom is 0.200 e. The molecule has 4 nitrogen and oxygen atoms in total. The van der Waals surface area contributed by atoms with Crippen molar-refractivity contribution >= 4 is 34.1 Å². The van der Waals surface area contributed by atoms with Gasteiger partial charge in [-0.25, -0.2) is 4.99 Å². The van der Waals surface area contributed by atoms with Gasteiger partial charge in [-0.2, -0.15) is 0 Å². The number of Topliss-reactive ketones (excluding diaryl/α,β-unsaturated/α-hetero) is 2. The Bertz CT molecular complexity index is 957. The highest BCUT2D eigenvalue weighted by atomic mass is 32.2. The lowest BCUT2D eigenvalue weighted by molar-refractivity contribution is -0.111. The van der Waals surface area contributed by atoms with Gasteiger partial charge in [0.2, 0.25) is 5.78 Å². The van der Waals surface area contributed by atoms with Crippen LogP contribution >= 0.6 is 11.8 Å². The molecule has 0 saturated carbocycles. The van der Waals surface area contributed by atoms with Crippen LogP contribution in [0, 0.1) is 0 Å². The number of aliphatic imine (C=N–C) groups is 1. The fourth-order valence-electron chi connectivity index (χ4n) is 2.80. The monoisotopic (exact) mass is 346 g/mol. The zero-order chi connectivity index (χ0) is 17.4. The number of nitrogens with two attached hydrogens (primary N) is 1. The molecule has 122 valence electrons. The molecule has 5 heteroatoms. The minimum atomic E-state index is -0.296. The van der Waals surface area contributed by atoms with Gasteiger partial charge in [0.1, 0.15) is 5.04 Å². The summed E-state index contributed by atoms with van der Waals surface area (Å²) in [5.74, 6) is -0.556. The molecule has 0 saturated heterocycles. The molecule has 25 heavy (non-hydrogen) atoms. The molecule has 2 aromatic rings. The van der Waals surface area contributed by atoms with Crippen LogP contribution in [0.1, 0.15) is 21.2 Å². The Morgan fingerprint density at radius 2 is 1.76 bits per heavy atom. The highest BCUT2D eigenvalue weighted by Crippen LogP contribution is 2.42. The number of allylic oxidation sites excluding steroid dienone is 1. The standard InChI is InChI=1S/C20H14N2O2S/c21-14-8-6-12(7-9-14)17-10-15-19(24)16(11-22-20(15)25-17)18(23)13-4-2-1-3-5-13/h1-11,17H,21H2. The minimum absolute atomic E-state index is 0.00197. The number of rotatable bonds is 3. The Kier molecular flexibility index (Phi) is 3.86. The first-order chi connectivity index (χ1) is 12.1. The summed E-state index contributed by atoms with van der Waals surface area (Å²) >= 11 is 1.51. The van der Waals surface area contributed by atoms with Crippen molar-refractivity contribution in [2.75, 3.05) is 5.73 Å². The van der Waals surface area contributed by atoms with Gasteiger partial charge in [-0.1, -0.05) is 60.3 Å². The largest absolute Gasteiger partial charge is 0.399 e. The minimum Gasteiger partial charge on any atom is -0.399 e. The third-order valence-electron chi connectivity index (χ3n) is 4.13. The van der Waals surface area contributed by atoms with Crippen molar-refractivity contribution in [3.63, 3.8) is 0 Å². The van der Waals surface area contributed by atoms with E-state index in [0.29, 0.717) is 21.9 Å². The van der Waals surface area contributed by atoms with E-state index in [0.717, 1.165) is 5.56 Å². The lowest BCUT2D eigenvalue weighted by Crippen LogP contribution is -2.20. The Hall–Kier alpha value is -2.92. The number of anilines is 1. The van der Waals surface area contributed by atoms with E-state index in [2.05, 4.69) is 4.99 Å². The van der Waals surface area contributed by atoms with E-state index < -0.39 is 0 Å². The quantitative estimate of drug-likeness (QED) is 0.522. The summed E-state index contributed by atoms with van der Waals surface area (Å²) in [7, 11) is 0. The Morgan fingerprint density at radius 1 is 1.04 bits per heavy atom. The van der Waals surface area contributed by atoms with Crippen molar-refractivity contribution in [3.05, 3.63) is 89.1 Å². The van der Waals surface area contributed by atoms with Crippen LogP contribution in [0.5, 0.6) is 0 Å². The van der Waals surface area contributed by atoms with Crippen LogP contribution < -0.4 is 5.73 Å². The van der Waals surface area contributed by atoms with Gasteiger partial charge < -0.3 is 5.73 Å². The molecule has 0 fully saturated rings. The van der Waals surface area contributed by atoms with Crippen molar-refractivity contribution in [1.29, 1.82) is 0 Å². The SMILES string of the molecule is Nc1ccc(C2C=C3C(=O)C(C(=O)c4ccccc4)=CN=C3S2)cc1. The number of carbonyl (C=O) groups is 2. The predicted octanol–water partition coefficient (Wildman–Crippen LogP) is 3.73. The van der Waals surface area contributed by atoms with Crippen LogP contribution in [0.2, 0.25) is 0 Å². The van der Waals surface area contributed by atoms with Crippen LogP contribution in [-0.2, 0) is 4.79 Å². The van der Waals surface area contributed by atoms with Crippen molar-refractivity contribution in [1.82, 2.24) is 0 Å². The van der Waals surface area contributed by atoms with Crippen LogP contribution in [0.3, 0.4) is 0 Å². The smallest absolute Gasteiger partial charge is 0.200 e. The molecule has 2 heterocycles. The molecule has 0 aromatic heterocycles. The van der Waals surface area contributed by atoms with Gasteiger partial charge in [-0.3, -0.25) is 9.59 Å². The van der Waals surface area contributed by atoms with Gasteiger partial charge in [-0.15, -0.1) is 0 Å². The number of fused-ring (bicyclic) bond motifs is 1. The van der Waals surface area contributed by atoms with E-state index in [-0.39, 0.29) is 22.4 Å². The van der Waals surface area contributed by atoms with Gasteiger partial charge >= 0.3 is 0 Å². The summed E-state index contributed by atoms with van der Waals surface area (Å²) in [6, 6.07) is 16.3. The lowest BCUT2D eigenvalue weighted by atomic mass is 9.94. The van der Waals surface area contributed by atoms with Gasteiger partial charge in [-0.05, 0) is 17.7 Å². The molecular formula is C20H14N2O2S. The zero-order valence-electron chi connectivity index (χ0n) is 13.2. The molecule has 0 radical (unpaired) electrons. The van der Waals surface area contributed by atoms with Gasteiger partial charge in [0.25, 0.3) is 0 Å². The van der Waals surface area contributed by atoms with E-state index in [1.165, 1.54) is 18.0 Å². The zero-order valence-corrected chi connectivity index (χ0v) is 14.0. The Labute approximate surface area is 149 Å². The molecule has 2 aromatic carbocycles. The number of benzene rings is 2. The first-order valence-electron chi connectivity index (χ1n) is 7.80. The van der Waals surface area contributed by atoms with Crippen molar-refractivity contribution in [2.45, 2.75) is 5.25 Å². The number of hydrogen-bond donors (Lipinski definition) is 1. The average molecular weight is 346 g/mol. The molecule has 0 spiro atoms. The molecule has 2 N–H and O–H groups in total. The number of ketones is 2. The number of thioether (sulfide) groups is 1. The summed E-state index contributed by atoms with van der Waals surface area (Å²) in [5, 5.41) is 0.661. The average Bonchev–Trinajstić information content (AvgIpc) is 3.08. The molecule has 0 aliphatic carbocycles. The summed E-state index contributed by atoms with van der Waals surface area (Å²) in [6.07, 6.45) is 3.27. The van der Waals surface area contributed by atoms with Crippen molar-refractivity contribution < 1.29 is 9.59 Å². The highest BCUT2D eigenvalue weighted by molar-refractivity contribution is 8.15. The van der Waals surface area contributed by atoms with Crippen molar-refractivity contribution in [2.24, 2.45) is 4.99 Å². The van der Waals surface area contributed by atoms with Crippen LogP contribution in [-0.4, -0.2) is 16.6 Å². The maximum atomic E-state index is 12.8. The van der Waals surface area contributed by atoms with E-state index in [9.17, 15) is 9.59 Å². The number of hydrogen-bond acceptors (Lipinski definition) is 5. The predicted molar refractivity (Wildman–Crippen MR) is 101 cm³/mol. The highest BCUT2D eigenvalue weighted by Gasteiger charge is 2.34. The molecule has 2 aliphatic heterocycles. The van der Waals surface area contributed by atoms with E-state index in [1.807, 2.05) is 36.4 Å². The Morgan fingerprint density at radius 3 is 2.48 bits per heavy atom. The van der Waals surface area contributed by atoms with E-state index in [4.69, 9.17) is 5.73 Å². The van der Waals surface area contributed by atoms with E-state index in [1.54, 1.807) is 24.3 Å². The fourth-order valence-corrected chi connectivity index (χ4v) is 3.94. The third-order valence-corrected chi connectivity index (χ3v) is 5.34. The molecule has 0 bridgehead atoms. The first kappa shape index (κ1) is 15.6. The van der Waals surface area contributed by atoms with Crippen LogP contribution in [0.25, 0.3) is 0 Å². The van der Waals surface area contributed by atoms with Crippen LogP contribution in [0.15, 0.2) is 83.0 Å². The van der Waals surface area contributed by atoms with Gasteiger partial charge in [0, 0.05) is 17.5 Å². The second-order valence-corrected chi connectivity index (χ2v) is 6.92. The summed E-state index contributed by atoms with van der Waals surface area (Å²) in [5.41, 5.74) is 8.58. The fraction of sp³-hybridized carbons (Fsp3) is 0.0500. The van der Waals surface area contributed by atoms with Crippen molar-refractivity contribution in [3.8, 4) is 0 Å². The molecule has 1 unspecified atom stereocenters. The molecule has 1 atom stereocenters.